The molecule has 220 valence electrons. The predicted octanol–water partition coefficient (Wildman–Crippen LogP) is 7.26. The number of hydrogen-bond donors (Lipinski definition) is 0. The summed E-state index contributed by atoms with van der Waals surface area (Å²) in [4.78, 5) is 18.3. The van der Waals surface area contributed by atoms with Gasteiger partial charge in [-0.25, -0.2) is 0 Å². The van der Waals surface area contributed by atoms with Gasteiger partial charge in [-0.15, -0.1) is 0 Å². The van der Waals surface area contributed by atoms with Crippen molar-refractivity contribution in [3.8, 4) is 5.75 Å². The molecule has 1 saturated heterocycles. The third kappa shape index (κ3) is 6.84. The molecule has 2 heterocycles. The van der Waals surface area contributed by atoms with Crippen LogP contribution in [0.3, 0.4) is 0 Å². The Morgan fingerprint density at radius 1 is 0.791 bits per heavy atom. The number of rotatable bonds is 10. The molecule has 1 aliphatic heterocycles. The number of benzene rings is 4. The van der Waals surface area contributed by atoms with Crippen LogP contribution < -0.4 is 4.74 Å². The van der Waals surface area contributed by atoms with Gasteiger partial charge in [0.05, 0.1) is 0 Å². The number of aromatic nitrogens is 1. The standard InChI is InChI=1S/C38H41N3O2/c1-3-39-21-23-40(24-22-39)38(42)25-35(32-17-19-33(20-18-32)43-28-31-9-5-4-6-10-31)36-27-41(37-12-8-7-11-34(36)37)26-30-15-13-29(2)14-16-30/h4-20,27,35H,3,21-26,28H2,1-2H3/t35-/m1/s1. The topological polar surface area (TPSA) is 37.7 Å². The molecule has 43 heavy (non-hydrogen) atoms. The Bertz CT molecular complexity index is 1630. The van der Waals surface area contributed by atoms with Crippen LogP contribution in [-0.2, 0) is 17.9 Å². The molecule has 5 aromatic rings. The molecule has 1 aromatic heterocycles. The van der Waals surface area contributed by atoms with E-state index in [4.69, 9.17) is 4.74 Å². The maximum absolute atomic E-state index is 13.8. The van der Waals surface area contributed by atoms with Gasteiger partial charge in [0, 0.05) is 62.2 Å². The zero-order chi connectivity index (χ0) is 29.6. The summed E-state index contributed by atoms with van der Waals surface area (Å²) < 4.78 is 8.43. The second kappa shape index (κ2) is 13.3. The van der Waals surface area contributed by atoms with Crippen molar-refractivity contribution < 1.29 is 9.53 Å². The number of nitrogens with zero attached hydrogens (tertiary/aromatic N) is 3. The largest absolute Gasteiger partial charge is 0.489 e. The lowest BCUT2D eigenvalue weighted by molar-refractivity contribution is -0.133. The van der Waals surface area contributed by atoms with Gasteiger partial charge >= 0.3 is 0 Å². The zero-order valence-corrected chi connectivity index (χ0v) is 25.3. The number of carbonyl (C=O) groups is 1. The summed E-state index contributed by atoms with van der Waals surface area (Å²) in [6.45, 7) is 10.1. The Labute approximate surface area is 255 Å². The molecule has 5 heteroatoms. The van der Waals surface area contributed by atoms with Gasteiger partial charge in [0.25, 0.3) is 0 Å². The number of aryl methyl sites for hydroxylation is 1. The number of fused-ring (bicyclic) bond motifs is 1. The Kier molecular flexibility index (Phi) is 8.90. The number of amides is 1. The van der Waals surface area contributed by atoms with Gasteiger partial charge in [-0.3, -0.25) is 4.79 Å². The highest BCUT2D eigenvalue weighted by atomic mass is 16.5. The number of likely N-dealkylation sites (N-methyl/N-ethyl adjacent to an activating group) is 1. The molecule has 1 fully saturated rings. The molecule has 1 aliphatic rings. The number of hydrogen-bond acceptors (Lipinski definition) is 3. The second-order valence-electron chi connectivity index (χ2n) is 11.6. The quantitative estimate of drug-likeness (QED) is 0.177. The molecule has 0 radical (unpaired) electrons. The SMILES string of the molecule is CCN1CCN(C(=O)C[C@H](c2ccc(OCc3ccccc3)cc2)c2cn(Cc3ccc(C)cc3)c3ccccc23)CC1. The minimum atomic E-state index is -0.0657. The second-order valence-corrected chi connectivity index (χ2v) is 11.6. The molecule has 4 aromatic carbocycles. The molecule has 0 spiro atoms. The number of ether oxygens (including phenoxy) is 1. The van der Waals surface area contributed by atoms with E-state index in [9.17, 15) is 4.79 Å². The monoisotopic (exact) mass is 571 g/mol. The summed E-state index contributed by atoms with van der Waals surface area (Å²) >= 11 is 0. The lowest BCUT2D eigenvalue weighted by Crippen LogP contribution is -2.48. The summed E-state index contributed by atoms with van der Waals surface area (Å²) in [7, 11) is 0. The fourth-order valence-corrected chi connectivity index (χ4v) is 6.14. The lowest BCUT2D eigenvalue weighted by Gasteiger charge is -2.35. The van der Waals surface area contributed by atoms with Gasteiger partial charge in [0.2, 0.25) is 5.91 Å². The average Bonchev–Trinajstić information content (AvgIpc) is 3.42. The maximum atomic E-state index is 13.8. The van der Waals surface area contributed by atoms with Crippen LogP contribution in [0.4, 0.5) is 0 Å². The van der Waals surface area contributed by atoms with Crippen LogP contribution in [0.1, 0.15) is 47.1 Å². The van der Waals surface area contributed by atoms with E-state index in [1.807, 2.05) is 30.3 Å². The van der Waals surface area contributed by atoms with Gasteiger partial charge in [-0.05, 0) is 53.9 Å². The average molecular weight is 572 g/mol. The fourth-order valence-electron chi connectivity index (χ4n) is 6.14. The van der Waals surface area contributed by atoms with Gasteiger partial charge in [0.1, 0.15) is 12.4 Å². The molecule has 6 rings (SSSR count). The summed E-state index contributed by atoms with van der Waals surface area (Å²) in [5.41, 5.74) is 7.18. The zero-order valence-electron chi connectivity index (χ0n) is 25.3. The first-order valence-corrected chi connectivity index (χ1v) is 15.5. The van der Waals surface area contributed by atoms with Crippen molar-refractivity contribution in [2.24, 2.45) is 0 Å². The van der Waals surface area contributed by atoms with Crippen molar-refractivity contribution in [3.63, 3.8) is 0 Å². The van der Waals surface area contributed by atoms with E-state index in [0.29, 0.717) is 13.0 Å². The molecule has 0 saturated carbocycles. The highest BCUT2D eigenvalue weighted by Gasteiger charge is 2.27. The number of para-hydroxylation sites is 1. The highest BCUT2D eigenvalue weighted by Crippen LogP contribution is 2.36. The van der Waals surface area contributed by atoms with E-state index in [-0.39, 0.29) is 11.8 Å². The van der Waals surface area contributed by atoms with Gasteiger partial charge < -0.3 is 19.1 Å². The third-order valence-corrected chi connectivity index (χ3v) is 8.75. The van der Waals surface area contributed by atoms with Crippen LogP contribution in [0.15, 0.2) is 109 Å². The maximum Gasteiger partial charge on any atom is 0.223 e. The predicted molar refractivity (Wildman–Crippen MR) is 175 cm³/mol. The summed E-state index contributed by atoms with van der Waals surface area (Å²) in [5.74, 6) is 0.986. The van der Waals surface area contributed by atoms with Crippen molar-refractivity contribution in [1.29, 1.82) is 0 Å². The van der Waals surface area contributed by atoms with Crippen LogP contribution in [0.2, 0.25) is 0 Å². The molecular weight excluding hydrogens is 530 g/mol. The minimum absolute atomic E-state index is 0.0657. The third-order valence-electron chi connectivity index (χ3n) is 8.75. The van der Waals surface area contributed by atoms with Crippen molar-refractivity contribution >= 4 is 16.8 Å². The smallest absolute Gasteiger partial charge is 0.223 e. The summed E-state index contributed by atoms with van der Waals surface area (Å²) in [6.07, 6.45) is 2.71. The molecule has 0 N–H and O–H groups in total. The van der Waals surface area contributed by atoms with E-state index in [1.165, 1.54) is 27.6 Å². The lowest BCUT2D eigenvalue weighted by atomic mass is 9.87. The fraction of sp³-hybridized carbons (Fsp3) is 0.289. The minimum Gasteiger partial charge on any atom is -0.489 e. The first-order valence-electron chi connectivity index (χ1n) is 15.5. The van der Waals surface area contributed by atoms with E-state index in [1.54, 1.807) is 0 Å². The highest BCUT2D eigenvalue weighted by molar-refractivity contribution is 5.87. The van der Waals surface area contributed by atoms with Crippen LogP contribution in [0.25, 0.3) is 10.9 Å². The van der Waals surface area contributed by atoms with Crippen LogP contribution >= 0.6 is 0 Å². The molecule has 1 atom stereocenters. The van der Waals surface area contributed by atoms with Crippen molar-refractivity contribution in [2.75, 3.05) is 32.7 Å². The molecular formula is C38H41N3O2. The van der Waals surface area contributed by atoms with Crippen LogP contribution in [0.5, 0.6) is 5.75 Å². The Hall–Kier alpha value is -4.35. The van der Waals surface area contributed by atoms with Gasteiger partial charge in [-0.2, -0.15) is 0 Å². The van der Waals surface area contributed by atoms with Gasteiger partial charge in [-0.1, -0.05) is 97.4 Å². The number of piperazine rings is 1. The summed E-state index contributed by atoms with van der Waals surface area (Å²) in [5, 5.41) is 1.20. The number of carbonyl (C=O) groups excluding carboxylic acids is 1. The summed E-state index contributed by atoms with van der Waals surface area (Å²) in [6, 6.07) is 35.9. The van der Waals surface area contributed by atoms with Crippen molar-refractivity contribution in [1.82, 2.24) is 14.4 Å². The normalized spacial score (nSPS) is 14.6. The van der Waals surface area contributed by atoms with E-state index in [2.05, 4.69) is 107 Å². The Morgan fingerprint density at radius 3 is 2.21 bits per heavy atom. The van der Waals surface area contributed by atoms with E-state index in [0.717, 1.165) is 56.1 Å². The van der Waals surface area contributed by atoms with Crippen molar-refractivity contribution in [3.05, 3.63) is 137 Å². The van der Waals surface area contributed by atoms with Gasteiger partial charge in [0.15, 0.2) is 0 Å². The van der Waals surface area contributed by atoms with Crippen LogP contribution in [0, 0.1) is 6.92 Å². The first kappa shape index (κ1) is 28.8. The molecule has 0 unspecified atom stereocenters. The Morgan fingerprint density at radius 2 is 1.49 bits per heavy atom. The molecule has 0 aliphatic carbocycles. The van der Waals surface area contributed by atoms with E-state index >= 15 is 0 Å². The first-order chi connectivity index (χ1) is 21.1. The van der Waals surface area contributed by atoms with Crippen molar-refractivity contribution in [2.45, 2.75) is 39.3 Å². The van der Waals surface area contributed by atoms with E-state index < -0.39 is 0 Å². The molecule has 0 bridgehead atoms. The Balaban J connectivity index is 1.31. The molecule has 1 amide bonds. The molecule has 5 nitrogen and oxygen atoms in total. The van der Waals surface area contributed by atoms with Crippen LogP contribution in [-0.4, -0.2) is 53.0 Å².